The minimum absolute atomic E-state index is 0.425. The number of methoxy groups -OCH3 is 2. The molecule has 24 heavy (non-hydrogen) atoms. The summed E-state index contributed by atoms with van der Waals surface area (Å²) in [7, 11) is 3.18. The van der Waals surface area contributed by atoms with Crippen molar-refractivity contribution < 1.29 is 19.9 Å². The summed E-state index contributed by atoms with van der Waals surface area (Å²) in [6.07, 6.45) is 0.850. The average Bonchev–Trinajstić information content (AvgIpc) is 2.66. The molecule has 0 unspecified atom stereocenters. The first-order valence-electron chi connectivity index (χ1n) is 7.42. The first kappa shape index (κ1) is 17.3. The summed E-state index contributed by atoms with van der Waals surface area (Å²) in [6.45, 7) is 0. The highest BCUT2D eigenvalue weighted by Crippen LogP contribution is 2.17. The van der Waals surface area contributed by atoms with Crippen LogP contribution >= 0.6 is 0 Å². The lowest BCUT2D eigenvalue weighted by molar-refractivity contribution is 0.316. The molecule has 0 amide bonds. The summed E-state index contributed by atoms with van der Waals surface area (Å²) in [5.74, 6) is 1.46. The van der Waals surface area contributed by atoms with E-state index in [0.717, 1.165) is 22.6 Å². The van der Waals surface area contributed by atoms with E-state index in [1.165, 1.54) is 0 Å². The van der Waals surface area contributed by atoms with Crippen molar-refractivity contribution in [1.82, 2.24) is 0 Å². The minimum atomic E-state index is 0.425. The summed E-state index contributed by atoms with van der Waals surface area (Å²) in [6, 6.07) is 14.5. The molecule has 0 aliphatic heterocycles. The number of benzene rings is 2. The predicted molar refractivity (Wildman–Crippen MR) is 91.9 cm³/mol. The number of oxime groups is 2. The quantitative estimate of drug-likeness (QED) is 0.462. The Labute approximate surface area is 140 Å². The maximum Gasteiger partial charge on any atom is 0.118 e. The van der Waals surface area contributed by atoms with Gasteiger partial charge < -0.3 is 19.9 Å². The van der Waals surface area contributed by atoms with Crippen molar-refractivity contribution in [1.29, 1.82) is 0 Å². The summed E-state index contributed by atoms with van der Waals surface area (Å²) >= 11 is 0. The molecule has 0 radical (unpaired) electrons. The Kier molecular flexibility index (Phi) is 6.19. The van der Waals surface area contributed by atoms with Gasteiger partial charge in [0.15, 0.2) is 0 Å². The standard InChI is InChI=1S/C18H20N2O4/c1-23-15-7-3-13(4-8-15)17(19-21)11-12-18(20-22)14-5-9-16(24-2)10-6-14/h3-10,21-22H,11-12H2,1-2H3. The van der Waals surface area contributed by atoms with Crippen LogP contribution in [0.25, 0.3) is 0 Å². The topological polar surface area (TPSA) is 83.6 Å². The Bertz CT molecular complexity index is 643. The number of ether oxygens (including phenoxy) is 2. The lowest BCUT2D eigenvalue weighted by Gasteiger charge is -2.08. The minimum Gasteiger partial charge on any atom is -0.497 e. The fourth-order valence-electron chi connectivity index (χ4n) is 2.31. The van der Waals surface area contributed by atoms with E-state index in [1.54, 1.807) is 38.5 Å². The second kappa shape index (κ2) is 8.57. The Morgan fingerprint density at radius 3 is 1.29 bits per heavy atom. The molecule has 0 aromatic heterocycles. The van der Waals surface area contributed by atoms with Gasteiger partial charge in [0.25, 0.3) is 0 Å². The molecule has 0 aliphatic carbocycles. The van der Waals surface area contributed by atoms with Gasteiger partial charge in [-0.1, -0.05) is 10.3 Å². The van der Waals surface area contributed by atoms with Crippen LogP contribution in [0.15, 0.2) is 58.8 Å². The molecule has 0 spiro atoms. The van der Waals surface area contributed by atoms with Crippen molar-refractivity contribution in [2.45, 2.75) is 12.8 Å². The van der Waals surface area contributed by atoms with Crippen LogP contribution in [-0.2, 0) is 0 Å². The summed E-state index contributed by atoms with van der Waals surface area (Å²) in [5.41, 5.74) is 2.58. The maximum atomic E-state index is 9.27. The van der Waals surface area contributed by atoms with E-state index in [9.17, 15) is 10.4 Å². The third kappa shape index (κ3) is 4.25. The third-order valence-corrected chi connectivity index (χ3v) is 3.69. The van der Waals surface area contributed by atoms with Crippen molar-refractivity contribution in [3.63, 3.8) is 0 Å². The van der Waals surface area contributed by atoms with Gasteiger partial charge in [-0.05, 0) is 72.5 Å². The van der Waals surface area contributed by atoms with E-state index in [4.69, 9.17) is 9.47 Å². The van der Waals surface area contributed by atoms with Gasteiger partial charge in [-0.2, -0.15) is 0 Å². The average molecular weight is 328 g/mol. The van der Waals surface area contributed by atoms with Crippen LogP contribution in [0.3, 0.4) is 0 Å². The van der Waals surface area contributed by atoms with Gasteiger partial charge in [0, 0.05) is 0 Å². The SMILES string of the molecule is COc1ccc(C(CCC(=NO)c2ccc(OC)cc2)=NO)cc1. The van der Waals surface area contributed by atoms with Gasteiger partial charge >= 0.3 is 0 Å². The molecule has 0 saturated carbocycles. The van der Waals surface area contributed by atoms with Crippen molar-refractivity contribution in [3.05, 3.63) is 59.7 Å². The van der Waals surface area contributed by atoms with Crippen LogP contribution < -0.4 is 9.47 Å². The van der Waals surface area contributed by atoms with E-state index in [-0.39, 0.29) is 0 Å². The van der Waals surface area contributed by atoms with Gasteiger partial charge in [0.05, 0.1) is 25.6 Å². The monoisotopic (exact) mass is 328 g/mol. The number of hydrogen-bond donors (Lipinski definition) is 2. The third-order valence-electron chi connectivity index (χ3n) is 3.69. The van der Waals surface area contributed by atoms with E-state index >= 15 is 0 Å². The second-order valence-corrected chi connectivity index (χ2v) is 5.05. The fourth-order valence-corrected chi connectivity index (χ4v) is 2.31. The van der Waals surface area contributed by atoms with Crippen LogP contribution in [0.1, 0.15) is 24.0 Å². The maximum absolute atomic E-state index is 9.27. The van der Waals surface area contributed by atoms with Gasteiger partial charge in [-0.25, -0.2) is 0 Å². The van der Waals surface area contributed by atoms with Gasteiger partial charge in [-0.3, -0.25) is 0 Å². The van der Waals surface area contributed by atoms with Gasteiger partial charge in [-0.15, -0.1) is 0 Å². The molecule has 2 N–H and O–H groups in total. The van der Waals surface area contributed by atoms with Gasteiger partial charge in [0.1, 0.15) is 11.5 Å². The van der Waals surface area contributed by atoms with Crippen molar-refractivity contribution in [2.75, 3.05) is 14.2 Å². The highest BCUT2D eigenvalue weighted by Gasteiger charge is 2.10. The highest BCUT2D eigenvalue weighted by molar-refractivity contribution is 6.06. The molecule has 0 saturated heterocycles. The zero-order valence-corrected chi connectivity index (χ0v) is 13.6. The van der Waals surface area contributed by atoms with E-state index < -0.39 is 0 Å². The van der Waals surface area contributed by atoms with E-state index in [2.05, 4.69) is 10.3 Å². The summed E-state index contributed by atoms with van der Waals surface area (Å²) < 4.78 is 10.2. The van der Waals surface area contributed by atoms with E-state index in [1.807, 2.05) is 24.3 Å². The Morgan fingerprint density at radius 2 is 1.04 bits per heavy atom. The largest absolute Gasteiger partial charge is 0.497 e. The molecule has 0 aliphatic rings. The zero-order chi connectivity index (χ0) is 17.4. The van der Waals surface area contributed by atoms with E-state index in [0.29, 0.717) is 24.3 Å². The van der Waals surface area contributed by atoms with Crippen LogP contribution in [0, 0.1) is 0 Å². The van der Waals surface area contributed by atoms with Crippen LogP contribution in [0.2, 0.25) is 0 Å². The Morgan fingerprint density at radius 1 is 0.708 bits per heavy atom. The molecule has 2 aromatic rings. The highest BCUT2D eigenvalue weighted by atomic mass is 16.5. The molecule has 0 fully saturated rings. The van der Waals surface area contributed by atoms with Crippen molar-refractivity contribution in [3.8, 4) is 11.5 Å². The first-order chi connectivity index (χ1) is 11.7. The Balaban J connectivity index is 2.07. The summed E-state index contributed by atoms with van der Waals surface area (Å²) in [4.78, 5) is 0. The first-order valence-corrected chi connectivity index (χ1v) is 7.42. The molecule has 126 valence electrons. The second-order valence-electron chi connectivity index (χ2n) is 5.05. The molecular weight excluding hydrogens is 308 g/mol. The van der Waals surface area contributed by atoms with Crippen molar-refractivity contribution in [2.24, 2.45) is 10.3 Å². The van der Waals surface area contributed by atoms with Gasteiger partial charge in [0.2, 0.25) is 0 Å². The molecule has 0 bridgehead atoms. The molecule has 0 atom stereocenters. The molecule has 6 nitrogen and oxygen atoms in total. The molecule has 0 heterocycles. The molecule has 2 aromatic carbocycles. The Hall–Kier alpha value is -3.02. The predicted octanol–water partition coefficient (Wildman–Crippen LogP) is 3.54. The lowest BCUT2D eigenvalue weighted by atomic mass is 10.0. The van der Waals surface area contributed by atoms with Crippen LogP contribution in [0.4, 0.5) is 0 Å². The smallest absolute Gasteiger partial charge is 0.118 e. The fraction of sp³-hybridized carbons (Fsp3) is 0.222. The van der Waals surface area contributed by atoms with Crippen LogP contribution in [0.5, 0.6) is 11.5 Å². The molecule has 2 rings (SSSR count). The lowest BCUT2D eigenvalue weighted by Crippen LogP contribution is -2.07. The number of hydrogen-bond acceptors (Lipinski definition) is 6. The molecule has 6 heteroatoms. The van der Waals surface area contributed by atoms with Crippen LogP contribution in [-0.4, -0.2) is 36.1 Å². The normalized spacial score (nSPS) is 12.1. The summed E-state index contributed by atoms with van der Waals surface area (Å²) in [5, 5.41) is 25.3. The van der Waals surface area contributed by atoms with Crippen molar-refractivity contribution >= 4 is 11.4 Å². The molecular formula is C18H20N2O4. The zero-order valence-electron chi connectivity index (χ0n) is 13.6. The number of nitrogens with zero attached hydrogens (tertiary/aromatic N) is 2. The number of rotatable bonds is 7.